The number of hydrogen-bond donors (Lipinski definition) is 2. The van der Waals surface area contributed by atoms with E-state index in [0.717, 1.165) is 16.5 Å². The zero-order chi connectivity index (χ0) is 18.7. The summed E-state index contributed by atoms with van der Waals surface area (Å²) in [6.45, 7) is 1.95. The number of rotatable bonds is 6. The Kier molecular flexibility index (Phi) is 5.02. The molecule has 1 atom stereocenters. The largest absolute Gasteiger partial charge is 0.493 e. The van der Waals surface area contributed by atoms with E-state index in [9.17, 15) is 4.79 Å². The number of H-pyrrole nitrogens is 1. The molecule has 0 radical (unpaired) electrons. The Bertz CT molecular complexity index is 918. The van der Waals surface area contributed by atoms with Crippen LogP contribution in [0.25, 0.3) is 10.9 Å². The average molecular weight is 354 g/mol. The molecule has 6 heteroatoms. The van der Waals surface area contributed by atoms with Gasteiger partial charge in [-0.25, -0.2) is 0 Å². The van der Waals surface area contributed by atoms with Gasteiger partial charge in [0, 0.05) is 11.5 Å². The van der Waals surface area contributed by atoms with Crippen LogP contribution in [0, 0.1) is 0 Å². The average Bonchev–Trinajstić information content (AvgIpc) is 3.10. The van der Waals surface area contributed by atoms with Crippen molar-refractivity contribution < 1.29 is 19.0 Å². The Morgan fingerprint density at radius 1 is 1.00 bits per heavy atom. The van der Waals surface area contributed by atoms with Gasteiger partial charge in [-0.3, -0.25) is 4.79 Å². The number of aromatic nitrogens is 1. The molecule has 3 aromatic rings. The van der Waals surface area contributed by atoms with Crippen molar-refractivity contribution in [3.63, 3.8) is 0 Å². The molecule has 1 unspecified atom stereocenters. The van der Waals surface area contributed by atoms with Crippen LogP contribution in [0.4, 0.5) is 0 Å². The van der Waals surface area contributed by atoms with E-state index in [-0.39, 0.29) is 11.9 Å². The Morgan fingerprint density at radius 2 is 1.69 bits per heavy atom. The lowest BCUT2D eigenvalue weighted by molar-refractivity contribution is 0.0935. The Balaban J connectivity index is 1.94. The quantitative estimate of drug-likeness (QED) is 0.708. The van der Waals surface area contributed by atoms with E-state index in [1.165, 1.54) is 0 Å². The lowest BCUT2D eigenvalue weighted by Crippen LogP contribution is -2.26. The molecule has 0 spiro atoms. The minimum Gasteiger partial charge on any atom is -0.493 e. The van der Waals surface area contributed by atoms with Gasteiger partial charge in [0.2, 0.25) is 5.75 Å². The molecule has 0 bridgehead atoms. The maximum Gasteiger partial charge on any atom is 0.268 e. The van der Waals surface area contributed by atoms with Crippen molar-refractivity contribution in [2.45, 2.75) is 13.0 Å². The van der Waals surface area contributed by atoms with E-state index in [2.05, 4.69) is 10.3 Å². The molecule has 1 amide bonds. The molecular formula is C20H22N2O4. The van der Waals surface area contributed by atoms with E-state index < -0.39 is 0 Å². The molecule has 136 valence electrons. The minimum atomic E-state index is -0.197. The van der Waals surface area contributed by atoms with Gasteiger partial charge in [-0.05, 0) is 18.6 Å². The number of nitrogens with one attached hydrogen (secondary N) is 2. The molecule has 3 rings (SSSR count). The highest BCUT2D eigenvalue weighted by molar-refractivity contribution is 6.01. The highest BCUT2D eigenvalue weighted by Gasteiger charge is 2.20. The van der Waals surface area contributed by atoms with E-state index in [1.54, 1.807) is 33.5 Å². The number of hydrogen-bond acceptors (Lipinski definition) is 4. The third-order valence-electron chi connectivity index (χ3n) is 4.32. The third kappa shape index (κ3) is 3.18. The van der Waals surface area contributed by atoms with Crippen LogP contribution in [0.3, 0.4) is 0 Å². The van der Waals surface area contributed by atoms with Gasteiger partial charge in [-0.1, -0.05) is 30.3 Å². The van der Waals surface area contributed by atoms with E-state index in [0.29, 0.717) is 22.9 Å². The number of amides is 1. The highest BCUT2D eigenvalue weighted by Crippen LogP contribution is 2.43. The predicted molar refractivity (Wildman–Crippen MR) is 100 cm³/mol. The highest BCUT2D eigenvalue weighted by atomic mass is 16.5. The molecule has 2 aromatic carbocycles. The number of methoxy groups -OCH3 is 3. The second kappa shape index (κ2) is 7.39. The first-order valence-corrected chi connectivity index (χ1v) is 8.26. The topological polar surface area (TPSA) is 72.6 Å². The van der Waals surface area contributed by atoms with Gasteiger partial charge in [0.25, 0.3) is 5.91 Å². The second-order valence-electron chi connectivity index (χ2n) is 5.90. The summed E-state index contributed by atoms with van der Waals surface area (Å²) in [5, 5.41) is 3.75. The molecule has 0 saturated carbocycles. The molecule has 0 saturated heterocycles. The standard InChI is InChI=1S/C20H22N2O4/c1-12(13-8-6-5-7-9-13)21-20(23)16-10-14-15(22-16)11-17(24-2)19(26-4)18(14)25-3/h5-12,22H,1-4H3,(H,21,23). The maximum absolute atomic E-state index is 12.7. The summed E-state index contributed by atoms with van der Waals surface area (Å²) in [4.78, 5) is 15.8. The normalized spacial score (nSPS) is 11.8. The van der Waals surface area contributed by atoms with E-state index in [1.807, 2.05) is 37.3 Å². The molecule has 0 fully saturated rings. The number of fused-ring (bicyclic) bond motifs is 1. The fraction of sp³-hybridized carbons (Fsp3) is 0.250. The van der Waals surface area contributed by atoms with Gasteiger partial charge < -0.3 is 24.5 Å². The first kappa shape index (κ1) is 17.7. The van der Waals surface area contributed by atoms with Crippen molar-refractivity contribution in [2.24, 2.45) is 0 Å². The van der Waals surface area contributed by atoms with Crippen LogP contribution in [0.1, 0.15) is 29.0 Å². The molecule has 26 heavy (non-hydrogen) atoms. The monoisotopic (exact) mass is 354 g/mol. The zero-order valence-electron chi connectivity index (χ0n) is 15.3. The van der Waals surface area contributed by atoms with Gasteiger partial charge in [-0.15, -0.1) is 0 Å². The summed E-state index contributed by atoms with van der Waals surface area (Å²) < 4.78 is 16.2. The predicted octanol–water partition coefficient (Wildman–Crippen LogP) is 3.68. The van der Waals surface area contributed by atoms with Crippen molar-refractivity contribution in [2.75, 3.05) is 21.3 Å². The van der Waals surface area contributed by atoms with Crippen LogP contribution < -0.4 is 19.5 Å². The molecule has 6 nitrogen and oxygen atoms in total. The summed E-state index contributed by atoms with van der Waals surface area (Å²) in [6, 6.07) is 13.2. The van der Waals surface area contributed by atoms with Gasteiger partial charge in [0.1, 0.15) is 5.69 Å². The molecule has 0 aliphatic heterocycles. The number of ether oxygens (including phenoxy) is 3. The molecule has 2 N–H and O–H groups in total. The second-order valence-corrected chi connectivity index (χ2v) is 5.90. The summed E-state index contributed by atoms with van der Waals surface area (Å²) >= 11 is 0. The first-order chi connectivity index (χ1) is 12.6. The molecule has 1 heterocycles. The molecular weight excluding hydrogens is 332 g/mol. The lowest BCUT2D eigenvalue weighted by atomic mass is 10.1. The number of carbonyl (C=O) groups excluding carboxylic acids is 1. The first-order valence-electron chi connectivity index (χ1n) is 8.26. The fourth-order valence-electron chi connectivity index (χ4n) is 2.97. The number of aromatic amines is 1. The van der Waals surface area contributed by atoms with E-state index in [4.69, 9.17) is 14.2 Å². The van der Waals surface area contributed by atoms with Crippen molar-refractivity contribution >= 4 is 16.8 Å². The lowest BCUT2D eigenvalue weighted by Gasteiger charge is -2.13. The Labute approximate surface area is 152 Å². The van der Waals surface area contributed by atoms with E-state index >= 15 is 0 Å². The third-order valence-corrected chi connectivity index (χ3v) is 4.32. The minimum absolute atomic E-state index is 0.110. The summed E-state index contributed by atoms with van der Waals surface area (Å²) in [5.74, 6) is 1.35. The van der Waals surface area contributed by atoms with Crippen LogP contribution in [0.15, 0.2) is 42.5 Å². The molecule has 1 aromatic heterocycles. The van der Waals surface area contributed by atoms with Gasteiger partial charge in [-0.2, -0.15) is 0 Å². The van der Waals surface area contributed by atoms with Crippen molar-refractivity contribution in [3.8, 4) is 17.2 Å². The van der Waals surface area contributed by atoms with Crippen LogP contribution in [0.2, 0.25) is 0 Å². The van der Waals surface area contributed by atoms with Crippen molar-refractivity contribution in [3.05, 3.63) is 53.7 Å². The maximum atomic E-state index is 12.7. The number of carbonyl (C=O) groups is 1. The van der Waals surface area contributed by atoms with Gasteiger partial charge in [0.05, 0.1) is 32.9 Å². The summed E-state index contributed by atoms with van der Waals surface area (Å²) in [7, 11) is 4.66. The fourth-order valence-corrected chi connectivity index (χ4v) is 2.97. The molecule has 0 aliphatic carbocycles. The van der Waals surface area contributed by atoms with Crippen LogP contribution in [-0.2, 0) is 0 Å². The SMILES string of the molecule is COc1cc2[nH]c(C(=O)NC(C)c3ccccc3)cc2c(OC)c1OC. The van der Waals surface area contributed by atoms with Crippen LogP contribution >= 0.6 is 0 Å². The number of benzene rings is 2. The molecule has 0 aliphatic rings. The summed E-state index contributed by atoms with van der Waals surface area (Å²) in [5.41, 5.74) is 2.21. The van der Waals surface area contributed by atoms with Crippen LogP contribution in [-0.4, -0.2) is 32.2 Å². The van der Waals surface area contributed by atoms with Crippen molar-refractivity contribution in [1.82, 2.24) is 10.3 Å². The van der Waals surface area contributed by atoms with Crippen LogP contribution in [0.5, 0.6) is 17.2 Å². The Morgan fingerprint density at radius 3 is 2.31 bits per heavy atom. The zero-order valence-corrected chi connectivity index (χ0v) is 15.3. The van der Waals surface area contributed by atoms with Crippen molar-refractivity contribution in [1.29, 1.82) is 0 Å². The Hall–Kier alpha value is -3.15. The summed E-state index contributed by atoms with van der Waals surface area (Å²) in [6.07, 6.45) is 0. The smallest absolute Gasteiger partial charge is 0.268 e. The van der Waals surface area contributed by atoms with Gasteiger partial charge in [0.15, 0.2) is 11.5 Å². The van der Waals surface area contributed by atoms with Gasteiger partial charge >= 0.3 is 0 Å².